The summed E-state index contributed by atoms with van der Waals surface area (Å²) in [5.74, 6) is 0.0944. The molecule has 0 radical (unpaired) electrons. The number of aliphatic hydroxyl groups is 1. The van der Waals surface area contributed by atoms with Gasteiger partial charge in [0.15, 0.2) is 0 Å². The third kappa shape index (κ3) is 2.25. The molecule has 2 aliphatic rings. The van der Waals surface area contributed by atoms with Gasteiger partial charge in [-0.15, -0.1) is 0 Å². The first kappa shape index (κ1) is 9.93. The topological polar surface area (TPSA) is 45.1 Å². The van der Waals surface area contributed by atoms with Crippen LogP contribution in [0.1, 0.15) is 19.3 Å². The minimum Gasteiger partial charge on any atom is -0.396 e. The average Bonchev–Trinajstić information content (AvgIpc) is 2.67. The van der Waals surface area contributed by atoms with E-state index in [-0.39, 0.29) is 18.6 Å². The molecule has 0 bridgehead atoms. The summed E-state index contributed by atoms with van der Waals surface area (Å²) in [7, 11) is 0. The summed E-state index contributed by atoms with van der Waals surface area (Å²) >= 11 is 0. The van der Waals surface area contributed by atoms with E-state index in [1.165, 1.54) is 19.3 Å². The van der Waals surface area contributed by atoms with E-state index in [4.69, 9.17) is 9.94 Å². The van der Waals surface area contributed by atoms with Gasteiger partial charge in [-0.2, -0.15) is 0 Å². The number of likely N-dealkylation sites (tertiary alicyclic amines) is 1. The van der Waals surface area contributed by atoms with Gasteiger partial charge < -0.3 is 9.94 Å². The van der Waals surface area contributed by atoms with Crippen molar-refractivity contribution in [2.24, 2.45) is 11.1 Å². The van der Waals surface area contributed by atoms with Crippen molar-refractivity contribution in [2.45, 2.75) is 25.4 Å². The molecule has 2 atom stereocenters. The molecule has 2 rings (SSSR count). The van der Waals surface area contributed by atoms with Gasteiger partial charge in [-0.3, -0.25) is 4.90 Å². The van der Waals surface area contributed by atoms with Crippen LogP contribution in [-0.4, -0.2) is 48.6 Å². The first-order chi connectivity index (χ1) is 6.90. The van der Waals surface area contributed by atoms with Crippen LogP contribution in [0.2, 0.25) is 0 Å². The van der Waals surface area contributed by atoms with Crippen LogP contribution in [0, 0.1) is 5.92 Å². The van der Waals surface area contributed by atoms with Crippen LogP contribution in [0.4, 0.5) is 0 Å². The Morgan fingerprint density at radius 1 is 1.36 bits per heavy atom. The highest BCUT2D eigenvalue weighted by atomic mass is 16.6. The van der Waals surface area contributed by atoms with E-state index >= 15 is 0 Å². The standard InChI is InChI=1S/C10H18N2O2/c13-8-9-6-11-14-10(9)7-12-4-2-1-3-5-12/h6,9-10,13H,1-5,7-8H2. The second-order valence-electron chi connectivity index (χ2n) is 4.11. The second-order valence-corrected chi connectivity index (χ2v) is 4.11. The molecule has 1 N–H and O–H groups in total. The van der Waals surface area contributed by atoms with Gasteiger partial charge in [0.05, 0.1) is 18.7 Å². The van der Waals surface area contributed by atoms with Gasteiger partial charge in [0.1, 0.15) is 6.10 Å². The van der Waals surface area contributed by atoms with Crippen LogP contribution in [0.15, 0.2) is 5.16 Å². The molecular weight excluding hydrogens is 180 g/mol. The van der Waals surface area contributed by atoms with Crippen molar-refractivity contribution < 1.29 is 9.94 Å². The van der Waals surface area contributed by atoms with E-state index in [1.54, 1.807) is 6.21 Å². The Morgan fingerprint density at radius 2 is 2.14 bits per heavy atom. The SMILES string of the molecule is OCC1C=NOC1CN1CCCCC1. The summed E-state index contributed by atoms with van der Waals surface area (Å²) in [6.07, 6.45) is 5.71. The summed E-state index contributed by atoms with van der Waals surface area (Å²) in [5, 5.41) is 12.8. The third-order valence-corrected chi connectivity index (χ3v) is 3.02. The number of hydrogen-bond acceptors (Lipinski definition) is 4. The van der Waals surface area contributed by atoms with Gasteiger partial charge in [-0.25, -0.2) is 0 Å². The molecule has 0 aromatic rings. The lowest BCUT2D eigenvalue weighted by molar-refractivity contribution is 0.0155. The van der Waals surface area contributed by atoms with Crippen molar-refractivity contribution in [3.63, 3.8) is 0 Å². The first-order valence-corrected chi connectivity index (χ1v) is 5.42. The molecule has 14 heavy (non-hydrogen) atoms. The molecule has 0 aromatic carbocycles. The normalized spacial score (nSPS) is 33.2. The fourth-order valence-corrected chi connectivity index (χ4v) is 2.10. The number of oxime groups is 1. The van der Waals surface area contributed by atoms with Gasteiger partial charge >= 0.3 is 0 Å². The lowest BCUT2D eigenvalue weighted by Gasteiger charge is -2.29. The summed E-state index contributed by atoms with van der Waals surface area (Å²) in [6, 6.07) is 0. The van der Waals surface area contributed by atoms with Crippen LogP contribution in [0.5, 0.6) is 0 Å². The third-order valence-electron chi connectivity index (χ3n) is 3.02. The molecule has 0 aromatic heterocycles. The van der Waals surface area contributed by atoms with Crippen LogP contribution >= 0.6 is 0 Å². The fraction of sp³-hybridized carbons (Fsp3) is 0.900. The largest absolute Gasteiger partial charge is 0.396 e. The molecule has 1 saturated heterocycles. The van der Waals surface area contributed by atoms with Crippen molar-refractivity contribution in [3.05, 3.63) is 0 Å². The molecule has 0 amide bonds. The maximum absolute atomic E-state index is 9.08. The van der Waals surface area contributed by atoms with E-state index in [2.05, 4.69) is 10.1 Å². The zero-order valence-electron chi connectivity index (χ0n) is 8.43. The molecule has 0 spiro atoms. The summed E-state index contributed by atoms with van der Waals surface area (Å²) in [5.41, 5.74) is 0. The van der Waals surface area contributed by atoms with Gasteiger partial charge in [-0.05, 0) is 25.9 Å². The quantitative estimate of drug-likeness (QED) is 0.716. The smallest absolute Gasteiger partial charge is 0.150 e. The zero-order valence-corrected chi connectivity index (χ0v) is 8.43. The lowest BCUT2D eigenvalue weighted by Crippen LogP contribution is -2.39. The number of hydrogen-bond donors (Lipinski definition) is 1. The van der Waals surface area contributed by atoms with E-state index in [1.807, 2.05) is 0 Å². The Labute approximate surface area is 84.5 Å². The van der Waals surface area contributed by atoms with Crippen molar-refractivity contribution in [3.8, 4) is 0 Å². The summed E-state index contributed by atoms with van der Waals surface area (Å²) < 4.78 is 0. The van der Waals surface area contributed by atoms with E-state index in [0.29, 0.717) is 0 Å². The van der Waals surface area contributed by atoms with Gasteiger partial charge in [0.2, 0.25) is 0 Å². The van der Waals surface area contributed by atoms with Gasteiger partial charge in [0.25, 0.3) is 0 Å². The van der Waals surface area contributed by atoms with Crippen molar-refractivity contribution >= 4 is 6.21 Å². The number of aliphatic hydroxyl groups excluding tert-OH is 1. The number of nitrogens with zero attached hydrogens (tertiary/aromatic N) is 2. The zero-order chi connectivity index (χ0) is 9.80. The lowest BCUT2D eigenvalue weighted by atomic mass is 10.0. The maximum atomic E-state index is 9.08. The summed E-state index contributed by atoms with van der Waals surface area (Å²) in [6.45, 7) is 3.38. The molecule has 2 unspecified atom stereocenters. The molecule has 4 nitrogen and oxygen atoms in total. The molecule has 0 saturated carbocycles. The monoisotopic (exact) mass is 198 g/mol. The average molecular weight is 198 g/mol. The molecule has 2 heterocycles. The van der Waals surface area contributed by atoms with Crippen molar-refractivity contribution in [1.82, 2.24) is 4.90 Å². The van der Waals surface area contributed by atoms with Crippen LogP contribution < -0.4 is 0 Å². The molecule has 0 aliphatic carbocycles. The predicted octanol–water partition coefficient (Wildman–Crippen LogP) is 0.465. The molecule has 4 heteroatoms. The van der Waals surface area contributed by atoms with E-state index in [9.17, 15) is 0 Å². The van der Waals surface area contributed by atoms with Crippen molar-refractivity contribution in [1.29, 1.82) is 0 Å². The van der Waals surface area contributed by atoms with Crippen LogP contribution in [0.25, 0.3) is 0 Å². The Balaban J connectivity index is 1.78. The first-order valence-electron chi connectivity index (χ1n) is 5.42. The fourth-order valence-electron chi connectivity index (χ4n) is 2.10. The van der Waals surface area contributed by atoms with Crippen molar-refractivity contribution in [2.75, 3.05) is 26.2 Å². The number of piperidine rings is 1. The molecular formula is C10H18N2O2. The minimum absolute atomic E-state index is 0.0677. The summed E-state index contributed by atoms with van der Waals surface area (Å²) in [4.78, 5) is 7.64. The highest BCUT2D eigenvalue weighted by Crippen LogP contribution is 2.17. The van der Waals surface area contributed by atoms with Crippen LogP contribution in [0.3, 0.4) is 0 Å². The highest BCUT2D eigenvalue weighted by Gasteiger charge is 2.28. The Bertz CT molecular complexity index is 202. The van der Waals surface area contributed by atoms with E-state index in [0.717, 1.165) is 19.6 Å². The van der Waals surface area contributed by atoms with Crippen LogP contribution in [-0.2, 0) is 4.84 Å². The predicted molar refractivity (Wildman–Crippen MR) is 54.2 cm³/mol. The minimum atomic E-state index is 0.0677. The van der Waals surface area contributed by atoms with E-state index < -0.39 is 0 Å². The van der Waals surface area contributed by atoms with Gasteiger partial charge in [0, 0.05) is 6.54 Å². The van der Waals surface area contributed by atoms with Gasteiger partial charge in [-0.1, -0.05) is 11.6 Å². The maximum Gasteiger partial charge on any atom is 0.150 e. The number of rotatable bonds is 3. The highest BCUT2D eigenvalue weighted by molar-refractivity contribution is 5.62. The molecule has 2 aliphatic heterocycles. The molecule has 1 fully saturated rings. The Kier molecular flexibility index (Phi) is 3.37. The Morgan fingerprint density at radius 3 is 2.86 bits per heavy atom. The Hall–Kier alpha value is -0.610. The second kappa shape index (κ2) is 4.75. The molecule has 80 valence electrons.